The summed E-state index contributed by atoms with van der Waals surface area (Å²) in [7, 11) is 0. The summed E-state index contributed by atoms with van der Waals surface area (Å²) >= 11 is 0. The molecule has 0 spiro atoms. The summed E-state index contributed by atoms with van der Waals surface area (Å²) in [5.41, 5.74) is 5.00. The molecule has 1 atom stereocenters. The van der Waals surface area contributed by atoms with Crippen LogP contribution in [-0.2, 0) is 9.59 Å². The van der Waals surface area contributed by atoms with E-state index in [-0.39, 0.29) is 28.5 Å². The molecule has 1 aliphatic carbocycles. The van der Waals surface area contributed by atoms with Gasteiger partial charge in [-0.2, -0.15) is 0 Å². The molecule has 108 valence electrons. The van der Waals surface area contributed by atoms with E-state index in [0.717, 1.165) is 4.57 Å². The van der Waals surface area contributed by atoms with Gasteiger partial charge in [0.05, 0.1) is 24.7 Å². The maximum Gasteiger partial charge on any atom is 0.264 e. The third kappa shape index (κ3) is 2.12. The summed E-state index contributed by atoms with van der Waals surface area (Å²) in [4.78, 5) is 41.1. The SMILES string of the molecule is [2H]c1cc(N)c2c(=O)n(C3CC([2H])([2H])C(=O)CC3=O)c(C([2H])[2H])nc2c1. The highest BCUT2D eigenvalue weighted by Gasteiger charge is 2.30. The second kappa shape index (κ2) is 4.80. The van der Waals surface area contributed by atoms with Gasteiger partial charge < -0.3 is 5.73 Å². The van der Waals surface area contributed by atoms with Crippen LogP contribution >= 0.6 is 0 Å². The van der Waals surface area contributed by atoms with E-state index in [2.05, 4.69) is 4.98 Å². The monoisotopic (exact) mass is 290 g/mol. The van der Waals surface area contributed by atoms with Gasteiger partial charge in [-0.15, -0.1) is 0 Å². The minimum Gasteiger partial charge on any atom is -0.398 e. The van der Waals surface area contributed by atoms with Crippen LogP contribution in [0.4, 0.5) is 5.69 Å². The van der Waals surface area contributed by atoms with Gasteiger partial charge >= 0.3 is 0 Å². The number of hydrogen-bond donors (Lipinski definition) is 1. The number of anilines is 1. The molecule has 1 heterocycles. The molecule has 0 bridgehead atoms. The number of benzene rings is 1. The van der Waals surface area contributed by atoms with Crippen LogP contribution < -0.4 is 11.3 Å². The zero-order chi connectivity index (χ0) is 19.4. The zero-order valence-electron chi connectivity index (χ0n) is 15.9. The number of hydrogen-bond acceptors (Lipinski definition) is 5. The summed E-state index contributed by atoms with van der Waals surface area (Å²) in [6.45, 7) is -1.74. The van der Waals surface area contributed by atoms with E-state index >= 15 is 0 Å². The molecule has 1 aliphatic rings. The molecule has 1 fully saturated rings. The molecule has 1 saturated carbocycles. The standard InChI is InChI=1S/C15H15N3O3/c1-8-17-11-4-2-3-10(16)14(11)15(21)18(8)12-6-5-9(19)7-13(12)20/h2-4,12H,5-7,16H2,1H3/i1D2,2D,5D2. The number of aromatic nitrogens is 2. The van der Waals surface area contributed by atoms with E-state index in [9.17, 15) is 14.4 Å². The number of carbonyl (C=O) groups is 2. The number of rotatable bonds is 1. The lowest BCUT2D eigenvalue weighted by molar-refractivity contribution is -0.132. The van der Waals surface area contributed by atoms with Gasteiger partial charge in [0.1, 0.15) is 11.6 Å². The Morgan fingerprint density at radius 2 is 2.29 bits per heavy atom. The van der Waals surface area contributed by atoms with Gasteiger partial charge in [-0.3, -0.25) is 19.0 Å². The van der Waals surface area contributed by atoms with Crippen molar-refractivity contribution in [2.24, 2.45) is 0 Å². The zero-order valence-corrected chi connectivity index (χ0v) is 10.9. The predicted octanol–water partition coefficient (Wildman–Crippen LogP) is 1.15. The first-order chi connectivity index (χ1) is 12.0. The largest absolute Gasteiger partial charge is 0.398 e. The molecule has 0 radical (unpaired) electrons. The fraction of sp³-hybridized carbons (Fsp3) is 0.333. The Morgan fingerprint density at radius 1 is 1.48 bits per heavy atom. The number of Topliss-reactive ketones (excluding diaryl/α,β-unsaturated/α-hetero) is 2. The van der Waals surface area contributed by atoms with E-state index in [1.807, 2.05) is 0 Å². The molecule has 21 heavy (non-hydrogen) atoms. The molecule has 0 saturated heterocycles. The van der Waals surface area contributed by atoms with Gasteiger partial charge in [-0.25, -0.2) is 4.98 Å². The summed E-state index contributed by atoms with van der Waals surface area (Å²) < 4.78 is 39.3. The lowest BCUT2D eigenvalue weighted by Gasteiger charge is -2.24. The van der Waals surface area contributed by atoms with Crippen LogP contribution in [0.2, 0.25) is 0 Å². The summed E-state index contributed by atoms with van der Waals surface area (Å²) in [5, 5.41) is -0.0735. The Kier molecular flexibility index (Phi) is 1.99. The minimum atomic E-state index is -2.31. The molecule has 1 aromatic carbocycles. The first-order valence-corrected chi connectivity index (χ1v) is 6.25. The summed E-state index contributed by atoms with van der Waals surface area (Å²) in [6, 6.07) is 1.14. The Morgan fingerprint density at radius 3 is 3.05 bits per heavy atom. The maximum absolute atomic E-state index is 13.0. The normalized spacial score (nSPS) is 25.2. The van der Waals surface area contributed by atoms with Crippen LogP contribution in [0.5, 0.6) is 0 Å². The lowest BCUT2D eigenvalue weighted by atomic mass is 9.92. The molecule has 0 aliphatic heterocycles. The number of ketones is 2. The topological polar surface area (TPSA) is 95.0 Å². The number of fused-ring (bicyclic) bond motifs is 1. The van der Waals surface area contributed by atoms with Gasteiger partial charge in [-0.1, -0.05) is 6.04 Å². The average molecular weight is 290 g/mol. The van der Waals surface area contributed by atoms with Crippen molar-refractivity contribution in [2.45, 2.75) is 32.1 Å². The van der Waals surface area contributed by atoms with Gasteiger partial charge in [0, 0.05) is 17.5 Å². The Hall–Kier alpha value is -2.50. The average Bonchev–Trinajstić information content (AvgIpc) is 2.50. The van der Waals surface area contributed by atoms with Crippen molar-refractivity contribution < 1.29 is 16.4 Å². The first-order valence-electron chi connectivity index (χ1n) is 8.91. The molecule has 1 unspecified atom stereocenters. The minimum absolute atomic E-state index is 0.00668. The molecule has 1 aromatic heterocycles. The third-order valence-electron chi connectivity index (χ3n) is 3.43. The van der Waals surface area contributed by atoms with Gasteiger partial charge in [-0.05, 0) is 25.4 Å². The van der Waals surface area contributed by atoms with Crippen molar-refractivity contribution in [2.75, 3.05) is 5.73 Å². The van der Waals surface area contributed by atoms with Crippen LogP contribution in [0.25, 0.3) is 10.9 Å². The second-order valence-corrected chi connectivity index (χ2v) is 4.78. The first kappa shape index (κ1) is 8.71. The van der Waals surface area contributed by atoms with Crippen LogP contribution in [0, 0.1) is 6.88 Å². The van der Waals surface area contributed by atoms with Crippen molar-refractivity contribution in [1.29, 1.82) is 0 Å². The van der Waals surface area contributed by atoms with E-state index in [4.69, 9.17) is 12.6 Å². The molecular weight excluding hydrogens is 270 g/mol. The molecule has 2 aromatic rings. The van der Waals surface area contributed by atoms with Crippen molar-refractivity contribution in [3.05, 3.63) is 34.4 Å². The lowest BCUT2D eigenvalue weighted by Crippen LogP contribution is -2.36. The molecule has 2 N–H and O–H groups in total. The van der Waals surface area contributed by atoms with Crippen molar-refractivity contribution >= 4 is 28.2 Å². The van der Waals surface area contributed by atoms with Gasteiger partial charge in [0.2, 0.25) is 0 Å². The van der Waals surface area contributed by atoms with Crippen molar-refractivity contribution in [3.63, 3.8) is 0 Å². The maximum atomic E-state index is 13.0. The quantitative estimate of drug-likeness (QED) is 0.628. The molecule has 6 heteroatoms. The molecule has 0 amide bonds. The van der Waals surface area contributed by atoms with E-state index < -0.39 is 49.3 Å². The van der Waals surface area contributed by atoms with Crippen LogP contribution in [0.15, 0.2) is 23.0 Å². The van der Waals surface area contributed by atoms with E-state index in [0.29, 0.717) is 0 Å². The molecule has 6 nitrogen and oxygen atoms in total. The second-order valence-electron chi connectivity index (χ2n) is 4.78. The fourth-order valence-corrected chi connectivity index (χ4v) is 2.42. The van der Waals surface area contributed by atoms with Crippen LogP contribution in [-0.4, -0.2) is 21.1 Å². The fourth-order valence-electron chi connectivity index (χ4n) is 2.42. The highest BCUT2D eigenvalue weighted by atomic mass is 16.2. The summed E-state index contributed by atoms with van der Waals surface area (Å²) in [5.74, 6) is -1.91. The number of nitrogens with zero attached hydrogens (tertiary/aromatic N) is 2. The van der Waals surface area contributed by atoms with Crippen molar-refractivity contribution in [3.8, 4) is 0 Å². The van der Waals surface area contributed by atoms with Crippen LogP contribution in [0.1, 0.15) is 37.9 Å². The van der Waals surface area contributed by atoms with Crippen molar-refractivity contribution in [1.82, 2.24) is 9.55 Å². The van der Waals surface area contributed by atoms with E-state index in [1.165, 1.54) is 12.1 Å². The van der Waals surface area contributed by atoms with E-state index in [1.54, 1.807) is 0 Å². The highest BCUT2D eigenvalue weighted by Crippen LogP contribution is 2.24. The van der Waals surface area contributed by atoms with Crippen LogP contribution in [0.3, 0.4) is 0 Å². The summed E-state index contributed by atoms with van der Waals surface area (Å²) in [6.07, 6.45) is -3.56. The third-order valence-corrected chi connectivity index (χ3v) is 3.43. The number of nitrogens with two attached hydrogens (primary N) is 1. The highest BCUT2D eigenvalue weighted by molar-refractivity contribution is 6.03. The number of nitrogen functional groups attached to an aromatic ring is 1. The molecule has 3 rings (SSSR count). The Labute approximate surface area is 127 Å². The van der Waals surface area contributed by atoms with Gasteiger partial charge in [0.15, 0.2) is 5.78 Å². The smallest absolute Gasteiger partial charge is 0.264 e. The Balaban J connectivity index is 2.33. The molecular formula is C15H15N3O3. The number of aryl methyl sites for hydroxylation is 1. The Bertz CT molecular complexity index is 1000. The predicted molar refractivity (Wildman–Crippen MR) is 78.1 cm³/mol. The number of carbonyl (C=O) groups excluding carboxylic acids is 2. The van der Waals surface area contributed by atoms with Gasteiger partial charge in [0.25, 0.3) is 5.56 Å².